The number of benzene rings is 5. The molecule has 0 amide bonds. The average molecular weight is 604 g/mol. The fourth-order valence-corrected chi connectivity index (χ4v) is 4.20. The van der Waals surface area contributed by atoms with E-state index in [9.17, 15) is 19.3 Å². The summed E-state index contributed by atoms with van der Waals surface area (Å²) in [5, 5.41) is 10.7. The molecule has 194 valence electrons. The Morgan fingerprint density at radius 2 is 1.21 bits per heavy atom. The van der Waals surface area contributed by atoms with Gasteiger partial charge in [0.1, 0.15) is 10.8 Å². The summed E-state index contributed by atoms with van der Waals surface area (Å²) in [4.78, 5) is 24.4. The fourth-order valence-electron chi connectivity index (χ4n) is 3.75. The van der Waals surface area contributed by atoms with E-state index in [0.29, 0.717) is 0 Å². The molecule has 5 nitrogen and oxygen atoms in total. The normalized spacial score (nSPS) is 10.2. The number of nitro groups is 1. The molecule has 0 aromatic heterocycles. The van der Waals surface area contributed by atoms with Crippen LogP contribution < -0.4 is 4.90 Å². The quantitative estimate of drug-likeness (QED) is 0.110. The molecular weight excluding hydrogens is 583 g/mol. The minimum atomic E-state index is -0.663. The first-order chi connectivity index (χ1) is 18.8. The number of carbonyl (C=O) groups is 1. The molecule has 5 rings (SSSR count). The maximum Gasteiger partial charge on any atom is 0.288 e. The predicted molar refractivity (Wildman–Crippen MR) is 157 cm³/mol. The van der Waals surface area contributed by atoms with Crippen LogP contribution in [0.2, 0.25) is 5.02 Å². The zero-order chi connectivity index (χ0) is 27.8. The number of nitro benzene ring substituents is 1. The van der Waals surface area contributed by atoms with Gasteiger partial charge in [-0.15, -0.1) is 0 Å². The molecule has 0 aliphatic carbocycles. The summed E-state index contributed by atoms with van der Waals surface area (Å²) < 4.78 is 13.8. The standard InChI is InChI=1S/C18H14BrN.C13H7ClFNO3/c19-15-11-13-18(14-12-15)20(16-7-3-1-4-8-16)17-9-5-2-6-10-17;14-11-6-3-9(7-12(11)16(18)19)13(17)8-1-4-10(15)5-2-8/h1-14H;1-7H. The number of ketones is 1. The largest absolute Gasteiger partial charge is 0.311 e. The number of nitrogens with zero attached hydrogens (tertiary/aromatic N) is 2. The molecular formula is C31H21BrClFN2O3. The van der Waals surface area contributed by atoms with Gasteiger partial charge in [0, 0.05) is 38.7 Å². The Kier molecular flexibility index (Phi) is 9.20. The Labute approximate surface area is 238 Å². The Balaban J connectivity index is 0.000000181. The molecule has 0 N–H and O–H groups in total. The molecule has 5 aromatic carbocycles. The van der Waals surface area contributed by atoms with Crippen molar-refractivity contribution in [2.45, 2.75) is 0 Å². The van der Waals surface area contributed by atoms with Crippen LogP contribution in [-0.4, -0.2) is 10.7 Å². The second kappa shape index (κ2) is 13.0. The van der Waals surface area contributed by atoms with Gasteiger partial charge in [-0.25, -0.2) is 4.39 Å². The van der Waals surface area contributed by atoms with E-state index < -0.39 is 16.5 Å². The topological polar surface area (TPSA) is 63.5 Å². The maximum atomic E-state index is 12.8. The average Bonchev–Trinajstić information content (AvgIpc) is 2.96. The molecule has 0 radical (unpaired) electrons. The minimum Gasteiger partial charge on any atom is -0.311 e. The lowest BCUT2D eigenvalue weighted by Gasteiger charge is -2.25. The SMILES string of the molecule is Brc1ccc(N(c2ccccc2)c2ccccc2)cc1.O=C(c1ccc(F)cc1)c1ccc(Cl)c([N+](=O)[O-])c1. The van der Waals surface area contributed by atoms with E-state index in [-0.39, 0.29) is 21.8 Å². The minimum absolute atomic E-state index is 0.0411. The molecule has 0 fully saturated rings. The highest BCUT2D eigenvalue weighted by molar-refractivity contribution is 9.10. The lowest BCUT2D eigenvalue weighted by atomic mass is 10.0. The molecule has 0 unspecified atom stereocenters. The first kappa shape index (κ1) is 27.7. The molecule has 0 bridgehead atoms. The lowest BCUT2D eigenvalue weighted by Crippen LogP contribution is -2.09. The highest BCUT2D eigenvalue weighted by Crippen LogP contribution is 2.34. The maximum absolute atomic E-state index is 12.8. The van der Waals surface area contributed by atoms with Gasteiger partial charge in [-0.05, 0) is 84.9 Å². The highest BCUT2D eigenvalue weighted by atomic mass is 79.9. The molecule has 8 heteroatoms. The van der Waals surface area contributed by atoms with Crippen LogP contribution in [-0.2, 0) is 0 Å². The second-order valence-electron chi connectivity index (χ2n) is 8.24. The van der Waals surface area contributed by atoms with Crippen LogP contribution in [0.15, 0.2) is 132 Å². The number of hydrogen-bond donors (Lipinski definition) is 0. The molecule has 0 aliphatic rings. The number of anilines is 3. The van der Waals surface area contributed by atoms with Crippen LogP contribution >= 0.6 is 27.5 Å². The first-order valence-electron chi connectivity index (χ1n) is 11.7. The Hall–Kier alpha value is -4.33. The monoisotopic (exact) mass is 602 g/mol. The third kappa shape index (κ3) is 7.16. The van der Waals surface area contributed by atoms with E-state index in [0.717, 1.165) is 39.7 Å². The Bertz CT molecular complexity index is 1530. The van der Waals surface area contributed by atoms with Crippen molar-refractivity contribution in [1.29, 1.82) is 0 Å². The summed E-state index contributed by atoms with van der Waals surface area (Å²) in [6.45, 7) is 0. The van der Waals surface area contributed by atoms with Crippen LogP contribution in [0.3, 0.4) is 0 Å². The molecule has 0 saturated heterocycles. The fraction of sp³-hybridized carbons (Fsp3) is 0. The van der Waals surface area contributed by atoms with Gasteiger partial charge in [-0.3, -0.25) is 14.9 Å². The van der Waals surface area contributed by atoms with Crippen molar-refractivity contribution in [3.8, 4) is 0 Å². The van der Waals surface area contributed by atoms with Crippen molar-refractivity contribution in [3.05, 3.63) is 164 Å². The van der Waals surface area contributed by atoms with Crippen LogP contribution in [0.4, 0.5) is 27.1 Å². The van der Waals surface area contributed by atoms with Crippen molar-refractivity contribution >= 4 is 56.1 Å². The summed E-state index contributed by atoms with van der Waals surface area (Å²) in [6.07, 6.45) is 0. The Morgan fingerprint density at radius 3 is 1.72 bits per heavy atom. The molecule has 0 aliphatic heterocycles. The summed E-state index contributed by atoms with van der Waals surface area (Å²) in [6, 6.07) is 37.9. The van der Waals surface area contributed by atoms with Crippen LogP contribution in [0, 0.1) is 15.9 Å². The van der Waals surface area contributed by atoms with E-state index in [1.54, 1.807) is 0 Å². The Morgan fingerprint density at radius 1 is 0.718 bits per heavy atom. The lowest BCUT2D eigenvalue weighted by molar-refractivity contribution is -0.384. The molecule has 39 heavy (non-hydrogen) atoms. The third-order valence-electron chi connectivity index (χ3n) is 5.63. The van der Waals surface area contributed by atoms with Crippen LogP contribution in [0.5, 0.6) is 0 Å². The predicted octanol–water partition coefficient (Wildman–Crippen LogP) is 9.54. The number of carbonyl (C=O) groups excluding carboxylic acids is 1. The van der Waals surface area contributed by atoms with Gasteiger partial charge in [-0.2, -0.15) is 0 Å². The summed E-state index contributed by atoms with van der Waals surface area (Å²) in [5.74, 6) is -0.890. The van der Waals surface area contributed by atoms with Gasteiger partial charge in [0.05, 0.1) is 4.92 Å². The van der Waals surface area contributed by atoms with Crippen LogP contribution in [0.25, 0.3) is 0 Å². The van der Waals surface area contributed by atoms with E-state index in [1.165, 1.54) is 24.3 Å². The number of para-hydroxylation sites is 2. The van der Waals surface area contributed by atoms with E-state index in [4.69, 9.17) is 11.6 Å². The van der Waals surface area contributed by atoms with Gasteiger partial charge in [-0.1, -0.05) is 63.9 Å². The highest BCUT2D eigenvalue weighted by Gasteiger charge is 2.17. The van der Waals surface area contributed by atoms with E-state index in [1.807, 2.05) is 12.1 Å². The summed E-state index contributed by atoms with van der Waals surface area (Å²) in [7, 11) is 0. The molecule has 5 aromatic rings. The second-order valence-corrected chi connectivity index (χ2v) is 9.57. The molecule has 0 saturated carbocycles. The number of hydrogen-bond acceptors (Lipinski definition) is 4. The van der Waals surface area contributed by atoms with Gasteiger partial charge in [0.2, 0.25) is 0 Å². The molecule has 0 heterocycles. The van der Waals surface area contributed by atoms with Crippen molar-refractivity contribution in [2.24, 2.45) is 0 Å². The van der Waals surface area contributed by atoms with Crippen LogP contribution in [0.1, 0.15) is 15.9 Å². The number of rotatable bonds is 6. The smallest absolute Gasteiger partial charge is 0.288 e. The molecule has 0 atom stereocenters. The third-order valence-corrected chi connectivity index (χ3v) is 6.47. The van der Waals surface area contributed by atoms with Gasteiger partial charge >= 0.3 is 0 Å². The summed E-state index contributed by atoms with van der Waals surface area (Å²) in [5.41, 5.74) is 3.49. The van der Waals surface area contributed by atoms with Gasteiger partial charge in [0.15, 0.2) is 5.78 Å². The van der Waals surface area contributed by atoms with Gasteiger partial charge < -0.3 is 4.90 Å². The van der Waals surface area contributed by atoms with Crippen molar-refractivity contribution in [3.63, 3.8) is 0 Å². The van der Waals surface area contributed by atoms with Gasteiger partial charge in [0.25, 0.3) is 5.69 Å². The zero-order valence-corrected chi connectivity index (χ0v) is 22.7. The van der Waals surface area contributed by atoms with Crippen molar-refractivity contribution in [1.82, 2.24) is 0 Å². The molecule has 0 spiro atoms. The van der Waals surface area contributed by atoms with E-state index >= 15 is 0 Å². The van der Waals surface area contributed by atoms with Crippen molar-refractivity contribution < 1.29 is 14.1 Å². The van der Waals surface area contributed by atoms with E-state index in [2.05, 4.69) is 93.6 Å². The first-order valence-corrected chi connectivity index (χ1v) is 12.9. The number of halogens is 3. The van der Waals surface area contributed by atoms with Crippen molar-refractivity contribution in [2.75, 3.05) is 4.90 Å². The summed E-state index contributed by atoms with van der Waals surface area (Å²) >= 11 is 9.15. The zero-order valence-electron chi connectivity index (χ0n) is 20.4.